The quantitative estimate of drug-likeness (QED) is 0.204. The number of halogens is 3. The molecule has 1 aliphatic heterocycles. The minimum atomic E-state index is -1.11. The summed E-state index contributed by atoms with van der Waals surface area (Å²) < 4.78 is 64.4. The van der Waals surface area contributed by atoms with Crippen LogP contribution in [0.15, 0.2) is 66.7 Å². The fraction of sp³-hybridized carbons (Fsp3) is 0.235. The van der Waals surface area contributed by atoms with Crippen LogP contribution in [0.3, 0.4) is 0 Å². The fourth-order valence-electron chi connectivity index (χ4n) is 5.56. The van der Waals surface area contributed by atoms with Crippen molar-refractivity contribution in [1.82, 2.24) is 14.5 Å². The van der Waals surface area contributed by atoms with Crippen LogP contribution in [-0.2, 0) is 22.5 Å². The Bertz CT molecular complexity index is 2020. The zero-order valence-corrected chi connectivity index (χ0v) is 24.8. The molecule has 0 radical (unpaired) electrons. The number of carbonyl (C=O) groups is 1. The number of benzene rings is 3. The van der Waals surface area contributed by atoms with Crippen molar-refractivity contribution >= 4 is 17.0 Å². The zero-order chi connectivity index (χ0) is 32.6. The summed E-state index contributed by atoms with van der Waals surface area (Å²) in [5.74, 6) is -2.71. The van der Waals surface area contributed by atoms with Crippen LogP contribution < -0.4 is 4.74 Å². The van der Waals surface area contributed by atoms with E-state index in [-0.39, 0.29) is 65.6 Å². The van der Waals surface area contributed by atoms with Gasteiger partial charge in [-0.25, -0.2) is 27.9 Å². The molecule has 2 atom stereocenters. The minimum absolute atomic E-state index is 0.0259. The predicted molar refractivity (Wildman–Crippen MR) is 160 cm³/mol. The fourth-order valence-corrected chi connectivity index (χ4v) is 5.56. The molecule has 6 rings (SSSR count). The van der Waals surface area contributed by atoms with Crippen molar-refractivity contribution in [1.29, 1.82) is 5.26 Å². The van der Waals surface area contributed by atoms with Gasteiger partial charge in [0, 0.05) is 30.7 Å². The molecule has 0 bridgehead atoms. The molecule has 3 heterocycles. The molecule has 1 aliphatic rings. The molecule has 12 heteroatoms. The summed E-state index contributed by atoms with van der Waals surface area (Å²) in [5.41, 5.74) is 0.678. The van der Waals surface area contributed by atoms with Crippen molar-refractivity contribution < 1.29 is 37.3 Å². The number of nitrogens with zero attached hydrogens (tertiary/aromatic N) is 4. The Morgan fingerprint density at radius 2 is 1.87 bits per heavy atom. The van der Waals surface area contributed by atoms with Crippen LogP contribution >= 0.6 is 0 Å². The van der Waals surface area contributed by atoms with Crippen LogP contribution in [0.1, 0.15) is 45.8 Å². The number of methoxy groups -OCH3 is 1. The van der Waals surface area contributed by atoms with Crippen molar-refractivity contribution in [2.75, 3.05) is 20.3 Å². The molecule has 1 fully saturated rings. The lowest BCUT2D eigenvalue weighted by Crippen LogP contribution is -2.38. The Hall–Kier alpha value is -5.25. The average Bonchev–Trinajstić information content (AvgIpc) is 3.60. The van der Waals surface area contributed by atoms with Gasteiger partial charge in [-0.2, -0.15) is 5.26 Å². The van der Waals surface area contributed by atoms with E-state index in [1.54, 1.807) is 23.8 Å². The molecule has 0 saturated carbocycles. The molecule has 5 aromatic rings. The second-order valence-electron chi connectivity index (χ2n) is 11.1. The van der Waals surface area contributed by atoms with E-state index in [2.05, 4.69) is 9.97 Å². The first kappa shape index (κ1) is 30.8. The number of hydrogen-bond acceptors (Lipinski definition) is 7. The Morgan fingerprint density at radius 3 is 2.61 bits per heavy atom. The first-order chi connectivity index (χ1) is 22.1. The second kappa shape index (κ2) is 12.3. The lowest BCUT2D eigenvalue weighted by atomic mass is 9.99. The van der Waals surface area contributed by atoms with E-state index >= 15 is 8.78 Å². The third-order valence-corrected chi connectivity index (χ3v) is 8.20. The molecule has 234 valence electrons. The average molecular weight is 629 g/mol. The number of hydrogen-bond donors (Lipinski definition) is 1. The third kappa shape index (κ3) is 5.78. The van der Waals surface area contributed by atoms with Gasteiger partial charge >= 0.3 is 5.97 Å². The van der Waals surface area contributed by atoms with Crippen molar-refractivity contribution in [3.05, 3.63) is 112 Å². The van der Waals surface area contributed by atoms with Crippen molar-refractivity contribution in [2.45, 2.75) is 31.6 Å². The van der Waals surface area contributed by atoms with E-state index in [0.29, 0.717) is 16.9 Å². The van der Waals surface area contributed by atoms with Gasteiger partial charge in [-0.1, -0.05) is 12.1 Å². The Labute approximate surface area is 261 Å². The predicted octanol–water partition coefficient (Wildman–Crippen LogP) is 6.23. The Morgan fingerprint density at radius 1 is 1.07 bits per heavy atom. The zero-order valence-electron chi connectivity index (χ0n) is 24.8. The number of pyridine rings is 1. The number of carboxylic acids is 1. The summed E-state index contributed by atoms with van der Waals surface area (Å²) in [5, 5.41) is 18.5. The number of ether oxygens (including phenoxy) is 3. The van der Waals surface area contributed by atoms with E-state index in [1.165, 1.54) is 36.4 Å². The molecule has 2 aromatic heterocycles. The number of rotatable bonds is 9. The van der Waals surface area contributed by atoms with E-state index < -0.39 is 35.1 Å². The highest BCUT2D eigenvalue weighted by Crippen LogP contribution is 2.37. The van der Waals surface area contributed by atoms with E-state index in [9.17, 15) is 14.3 Å². The summed E-state index contributed by atoms with van der Waals surface area (Å²) in [6, 6.07) is 16.6. The molecule has 0 unspecified atom stereocenters. The highest BCUT2D eigenvalue weighted by molar-refractivity contribution is 5.92. The first-order valence-corrected chi connectivity index (χ1v) is 14.2. The van der Waals surface area contributed by atoms with Crippen LogP contribution in [0, 0.1) is 28.8 Å². The van der Waals surface area contributed by atoms with Crippen molar-refractivity contribution in [2.24, 2.45) is 0 Å². The van der Waals surface area contributed by atoms with Crippen LogP contribution in [0.2, 0.25) is 0 Å². The summed E-state index contributed by atoms with van der Waals surface area (Å²) in [4.78, 5) is 20.7. The molecular formula is C34H27F3N4O5. The van der Waals surface area contributed by atoms with E-state index in [0.717, 1.165) is 18.2 Å². The van der Waals surface area contributed by atoms with Crippen molar-refractivity contribution in [3.8, 4) is 23.2 Å². The van der Waals surface area contributed by atoms with Gasteiger partial charge in [-0.15, -0.1) is 0 Å². The van der Waals surface area contributed by atoms with Gasteiger partial charge in [-0.3, -0.25) is 0 Å². The van der Waals surface area contributed by atoms with Crippen LogP contribution in [0.4, 0.5) is 13.2 Å². The van der Waals surface area contributed by atoms with Crippen molar-refractivity contribution in [3.63, 3.8) is 0 Å². The highest BCUT2D eigenvalue weighted by atomic mass is 19.1. The maximum Gasteiger partial charge on any atom is 0.335 e. The standard InChI is InChI=1S/C34H27F3N4O5/c1-34(44-2)18-45-17-30(34)41-29-12-20(33(42)43)8-9-28(29)39-31(41)13-22-11-26(37)23(14-25(22)36)27-4-3-5-32(40-27)46-16-21-7-6-19(15-38)10-24(21)35/h3-12,14,30H,13,16-18H2,1-2H3,(H,42,43)/t30-,34-/m1/s1. The van der Waals surface area contributed by atoms with E-state index in [4.69, 9.17) is 19.5 Å². The number of nitriles is 1. The number of imidazole rings is 1. The van der Waals surface area contributed by atoms with Gasteiger partial charge in [0.25, 0.3) is 0 Å². The monoisotopic (exact) mass is 628 g/mol. The molecule has 46 heavy (non-hydrogen) atoms. The number of aromatic nitrogens is 3. The number of aromatic carboxylic acids is 1. The summed E-state index contributed by atoms with van der Waals surface area (Å²) in [6.07, 6.45) is -0.108. The van der Waals surface area contributed by atoms with Crippen LogP contribution in [-0.4, -0.2) is 51.5 Å². The van der Waals surface area contributed by atoms with Gasteiger partial charge in [-0.05, 0) is 61.0 Å². The summed E-state index contributed by atoms with van der Waals surface area (Å²) in [7, 11) is 1.55. The number of fused-ring (bicyclic) bond motifs is 1. The largest absolute Gasteiger partial charge is 0.478 e. The first-order valence-electron chi connectivity index (χ1n) is 14.2. The van der Waals surface area contributed by atoms with Crippen LogP contribution in [0.25, 0.3) is 22.3 Å². The Balaban J connectivity index is 1.31. The molecule has 0 aliphatic carbocycles. The third-order valence-electron chi connectivity index (χ3n) is 8.20. The summed E-state index contributed by atoms with van der Waals surface area (Å²) >= 11 is 0. The molecule has 0 amide bonds. The van der Waals surface area contributed by atoms with Gasteiger partial charge in [0.15, 0.2) is 0 Å². The van der Waals surface area contributed by atoms with E-state index in [1.807, 2.05) is 13.0 Å². The highest BCUT2D eigenvalue weighted by Gasteiger charge is 2.43. The normalized spacial score (nSPS) is 17.7. The molecule has 1 N–H and O–H groups in total. The molecule has 0 spiro atoms. The smallest absolute Gasteiger partial charge is 0.335 e. The Kier molecular flexibility index (Phi) is 8.20. The molecule has 3 aromatic carbocycles. The van der Waals surface area contributed by atoms with Crippen LogP contribution in [0.5, 0.6) is 5.88 Å². The van der Waals surface area contributed by atoms with Gasteiger partial charge < -0.3 is 23.9 Å². The molecule has 1 saturated heterocycles. The minimum Gasteiger partial charge on any atom is -0.478 e. The second-order valence-corrected chi connectivity index (χ2v) is 11.1. The number of carboxylic acid groups (broad SMARTS) is 1. The lowest BCUT2D eigenvalue weighted by molar-refractivity contribution is -0.0218. The SMILES string of the molecule is CO[C@]1(C)COC[C@H]1n1c(Cc2cc(F)c(-c3cccc(OCc4ccc(C#N)cc4F)n3)cc2F)nc2ccc(C(=O)O)cc21. The van der Waals surface area contributed by atoms with Gasteiger partial charge in [0.05, 0.1) is 53.2 Å². The van der Waals surface area contributed by atoms with Gasteiger partial charge in [0.1, 0.15) is 35.5 Å². The topological polar surface area (TPSA) is 119 Å². The van der Waals surface area contributed by atoms with Gasteiger partial charge in [0.2, 0.25) is 5.88 Å². The molecule has 9 nitrogen and oxygen atoms in total. The maximum absolute atomic E-state index is 15.7. The lowest BCUT2D eigenvalue weighted by Gasteiger charge is -2.30. The maximum atomic E-state index is 15.7. The molecular weight excluding hydrogens is 601 g/mol. The summed E-state index contributed by atoms with van der Waals surface area (Å²) in [6.45, 7) is 2.20.